The Labute approximate surface area is 129 Å². The Bertz CT molecular complexity index is 431. The Morgan fingerprint density at radius 3 is 2.57 bits per heavy atom. The van der Waals surface area contributed by atoms with E-state index in [0.29, 0.717) is 30.1 Å². The lowest BCUT2D eigenvalue weighted by Gasteiger charge is -2.29. The van der Waals surface area contributed by atoms with Crippen molar-refractivity contribution in [2.45, 2.75) is 72.3 Å². The van der Waals surface area contributed by atoms with E-state index in [4.69, 9.17) is 4.74 Å². The highest BCUT2D eigenvalue weighted by Crippen LogP contribution is 2.40. The van der Waals surface area contributed by atoms with Crippen molar-refractivity contribution in [3.8, 4) is 0 Å². The molecule has 4 nitrogen and oxygen atoms in total. The van der Waals surface area contributed by atoms with Crippen molar-refractivity contribution in [1.82, 2.24) is 15.1 Å². The highest BCUT2D eigenvalue weighted by Gasteiger charge is 2.42. The number of aryl methyl sites for hydroxylation is 1. The SMILES string of the molecule is CCCNC(c1cnn(CCC)c1)C1C(C)OC(C)C1C. The van der Waals surface area contributed by atoms with Crippen LogP contribution in [0.15, 0.2) is 12.4 Å². The van der Waals surface area contributed by atoms with Crippen LogP contribution in [-0.2, 0) is 11.3 Å². The number of nitrogens with zero attached hydrogens (tertiary/aromatic N) is 2. The highest BCUT2D eigenvalue weighted by atomic mass is 16.5. The number of ether oxygens (including phenoxy) is 1. The van der Waals surface area contributed by atoms with Crippen LogP contribution in [0.1, 0.15) is 59.1 Å². The van der Waals surface area contributed by atoms with Gasteiger partial charge in [0.25, 0.3) is 0 Å². The van der Waals surface area contributed by atoms with Crippen LogP contribution in [0.2, 0.25) is 0 Å². The summed E-state index contributed by atoms with van der Waals surface area (Å²) in [4.78, 5) is 0. The second-order valence-electron chi connectivity index (χ2n) is 6.45. The average molecular weight is 293 g/mol. The number of aromatic nitrogens is 2. The summed E-state index contributed by atoms with van der Waals surface area (Å²) in [5.74, 6) is 1.06. The molecule has 1 saturated heterocycles. The minimum absolute atomic E-state index is 0.291. The normalized spacial score (nSPS) is 30.7. The standard InChI is InChI=1S/C17H31N3O/c1-6-8-18-17(15-10-19-20(11-15)9-7-2)16-12(3)13(4)21-14(16)5/h10-14,16-18H,6-9H2,1-5H3. The molecule has 120 valence electrons. The molecule has 0 spiro atoms. The monoisotopic (exact) mass is 293 g/mol. The molecule has 0 saturated carbocycles. The summed E-state index contributed by atoms with van der Waals surface area (Å²) >= 11 is 0. The molecule has 1 aromatic rings. The molecule has 2 rings (SSSR count). The largest absolute Gasteiger partial charge is 0.375 e. The van der Waals surface area contributed by atoms with Crippen molar-refractivity contribution < 1.29 is 4.74 Å². The lowest BCUT2D eigenvalue weighted by molar-refractivity contribution is 0.0475. The number of hydrogen-bond donors (Lipinski definition) is 1. The second-order valence-corrected chi connectivity index (χ2v) is 6.45. The van der Waals surface area contributed by atoms with E-state index in [1.807, 2.05) is 6.20 Å². The van der Waals surface area contributed by atoms with Crippen LogP contribution < -0.4 is 5.32 Å². The molecule has 1 fully saturated rings. The van der Waals surface area contributed by atoms with Gasteiger partial charge in [0, 0.05) is 30.3 Å². The third-order valence-electron chi connectivity index (χ3n) is 4.78. The first kappa shape index (κ1) is 16.5. The molecule has 1 N–H and O–H groups in total. The molecular weight excluding hydrogens is 262 g/mol. The summed E-state index contributed by atoms with van der Waals surface area (Å²) < 4.78 is 8.12. The Hall–Kier alpha value is -0.870. The van der Waals surface area contributed by atoms with E-state index in [0.717, 1.165) is 25.9 Å². The summed E-state index contributed by atoms with van der Waals surface area (Å²) in [5.41, 5.74) is 1.30. The van der Waals surface area contributed by atoms with Gasteiger partial charge in [-0.25, -0.2) is 0 Å². The van der Waals surface area contributed by atoms with Gasteiger partial charge in [0.15, 0.2) is 0 Å². The lowest BCUT2D eigenvalue weighted by atomic mass is 9.81. The van der Waals surface area contributed by atoms with E-state index in [2.05, 4.69) is 55.9 Å². The van der Waals surface area contributed by atoms with Gasteiger partial charge in [-0.2, -0.15) is 5.10 Å². The minimum atomic E-state index is 0.291. The minimum Gasteiger partial charge on any atom is -0.375 e. The second kappa shape index (κ2) is 7.41. The van der Waals surface area contributed by atoms with Crippen LogP contribution in [0.3, 0.4) is 0 Å². The van der Waals surface area contributed by atoms with E-state index in [-0.39, 0.29) is 0 Å². The van der Waals surface area contributed by atoms with Crippen molar-refractivity contribution in [3.63, 3.8) is 0 Å². The van der Waals surface area contributed by atoms with E-state index < -0.39 is 0 Å². The molecule has 1 aliphatic heterocycles. The van der Waals surface area contributed by atoms with Gasteiger partial charge in [-0.05, 0) is 39.2 Å². The Morgan fingerprint density at radius 1 is 1.24 bits per heavy atom. The van der Waals surface area contributed by atoms with Crippen LogP contribution in [0, 0.1) is 11.8 Å². The maximum Gasteiger partial charge on any atom is 0.0600 e. The van der Waals surface area contributed by atoms with Gasteiger partial charge in [-0.1, -0.05) is 20.8 Å². The van der Waals surface area contributed by atoms with Crippen molar-refractivity contribution in [3.05, 3.63) is 18.0 Å². The van der Waals surface area contributed by atoms with Crippen molar-refractivity contribution in [2.75, 3.05) is 6.54 Å². The summed E-state index contributed by atoms with van der Waals surface area (Å²) in [6, 6.07) is 0.338. The number of hydrogen-bond acceptors (Lipinski definition) is 3. The van der Waals surface area contributed by atoms with Crippen LogP contribution >= 0.6 is 0 Å². The molecule has 0 radical (unpaired) electrons. The van der Waals surface area contributed by atoms with Crippen molar-refractivity contribution in [2.24, 2.45) is 11.8 Å². The maximum absolute atomic E-state index is 6.06. The first-order chi connectivity index (χ1) is 10.1. The summed E-state index contributed by atoms with van der Waals surface area (Å²) in [6.45, 7) is 13.1. The summed E-state index contributed by atoms with van der Waals surface area (Å²) in [7, 11) is 0. The Morgan fingerprint density at radius 2 is 2.00 bits per heavy atom. The smallest absolute Gasteiger partial charge is 0.0600 e. The lowest BCUT2D eigenvalue weighted by Crippen LogP contribution is -2.35. The van der Waals surface area contributed by atoms with Crippen LogP contribution in [0.25, 0.3) is 0 Å². The third kappa shape index (κ3) is 3.67. The molecule has 1 aromatic heterocycles. The predicted molar refractivity (Wildman–Crippen MR) is 86.2 cm³/mol. The topological polar surface area (TPSA) is 39.1 Å². The van der Waals surface area contributed by atoms with Gasteiger partial charge in [-0.15, -0.1) is 0 Å². The maximum atomic E-state index is 6.06. The van der Waals surface area contributed by atoms with Crippen molar-refractivity contribution >= 4 is 0 Å². The third-order valence-corrected chi connectivity index (χ3v) is 4.78. The fraction of sp³-hybridized carbons (Fsp3) is 0.824. The molecule has 0 aliphatic carbocycles. The first-order valence-electron chi connectivity index (χ1n) is 8.49. The van der Waals surface area contributed by atoms with Gasteiger partial charge in [0.2, 0.25) is 0 Å². The number of nitrogens with one attached hydrogen (secondary N) is 1. The molecule has 2 heterocycles. The fourth-order valence-electron chi connectivity index (χ4n) is 3.54. The zero-order chi connectivity index (χ0) is 15.4. The summed E-state index contributed by atoms with van der Waals surface area (Å²) in [6.07, 6.45) is 7.13. The molecule has 21 heavy (non-hydrogen) atoms. The molecule has 0 amide bonds. The van der Waals surface area contributed by atoms with Gasteiger partial charge < -0.3 is 10.1 Å². The molecule has 4 heteroatoms. The van der Waals surface area contributed by atoms with Gasteiger partial charge in [0.05, 0.1) is 18.4 Å². The van der Waals surface area contributed by atoms with Crippen LogP contribution in [0.5, 0.6) is 0 Å². The van der Waals surface area contributed by atoms with Gasteiger partial charge >= 0.3 is 0 Å². The first-order valence-corrected chi connectivity index (χ1v) is 8.49. The number of rotatable bonds is 7. The molecule has 0 aromatic carbocycles. The van der Waals surface area contributed by atoms with E-state index in [1.165, 1.54) is 5.56 Å². The van der Waals surface area contributed by atoms with Crippen LogP contribution in [0.4, 0.5) is 0 Å². The van der Waals surface area contributed by atoms with Gasteiger partial charge in [-0.3, -0.25) is 4.68 Å². The quantitative estimate of drug-likeness (QED) is 0.837. The van der Waals surface area contributed by atoms with Gasteiger partial charge in [0.1, 0.15) is 0 Å². The zero-order valence-corrected chi connectivity index (χ0v) is 14.2. The zero-order valence-electron chi connectivity index (χ0n) is 14.2. The highest BCUT2D eigenvalue weighted by molar-refractivity contribution is 5.14. The average Bonchev–Trinajstić information content (AvgIpc) is 3.00. The van der Waals surface area contributed by atoms with Crippen molar-refractivity contribution in [1.29, 1.82) is 0 Å². The van der Waals surface area contributed by atoms with E-state index in [9.17, 15) is 0 Å². The Balaban J connectivity index is 2.20. The molecule has 5 atom stereocenters. The predicted octanol–water partition coefficient (Wildman–Crippen LogP) is 3.39. The molecule has 0 bridgehead atoms. The molecular formula is C17H31N3O. The molecule has 5 unspecified atom stereocenters. The fourth-order valence-corrected chi connectivity index (χ4v) is 3.54. The van der Waals surface area contributed by atoms with Crippen LogP contribution in [-0.4, -0.2) is 28.5 Å². The van der Waals surface area contributed by atoms with E-state index in [1.54, 1.807) is 0 Å². The molecule has 1 aliphatic rings. The Kier molecular flexibility index (Phi) is 5.82. The summed E-state index contributed by atoms with van der Waals surface area (Å²) in [5, 5.41) is 8.24. The van der Waals surface area contributed by atoms with E-state index >= 15 is 0 Å².